The van der Waals surface area contributed by atoms with E-state index in [1.165, 1.54) is 11.3 Å². The molecular weight excluding hydrogens is 356 g/mol. The Labute approximate surface area is 135 Å². The lowest BCUT2D eigenvalue weighted by Crippen LogP contribution is -2.18. The number of aryl methyl sites for hydroxylation is 2. The number of nitrogens with one attached hydrogen (secondary N) is 1. The van der Waals surface area contributed by atoms with Crippen molar-refractivity contribution in [3.63, 3.8) is 0 Å². The van der Waals surface area contributed by atoms with Gasteiger partial charge in [0.15, 0.2) is 0 Å². The van der Waals surface area contributed by atoms with Gasteiger partial charge < -0.3 is 11.1 Å². The number of nitrogens with two attached hydrogens (primary N) is 1. The molecule has 0 saturated heterocycles. The highest BCUT2D eigenvalue weighted by molar-refractivity contribution is 9.11. The number of benzene rings is 1. The molecule has 0 aliphatic carbocycles. The first kappa shape index (κ1) is 15.2. The summed E-state index contributed by atoms with van der Waals surface area (Å²) in [5.74, 6) is -0.160. The lowest BCUT2D eigenvalue weighted by atomic mass is 10.1. The minimum absolute atomic E-state index is 0.160. The molecule has 1 aromatic carbocycles. The SMILES string of the molecule is Cc1cc(C(=O)Nc2cccc(C)c2C(N)=S)sc1Br. The summed E-state index contributed by atoms with van der Waals surface area (Å²) in [6.45, 7) is 3.86. The van der Waals surface area contributed by atoms with Crippen molar-refractivity contribution in [2.45, 2.75) is 13.8 Å². The highest BCUT2D eigenvalue weighted by Gasteiger charge is 2.15. The van der Waals surface area contributed by atoms with E-state index in [9.17, 15) is 4.79 Å². The molecule has 3 N–H and O–H groups in total. The zero-order valence-electron chi connectivity index (χ0n) is 11.0. The van der Waals surface area contributed by atoms with Crippen LogP contribution >= 0.6 is 39.5 Å². The Morgan fingerprint density at radius 1 is 1.35 bits per heavy atom. The fourth-order valence-corrected chi connectivity index (χ4v) is 3.56. The molecule has 0 aliphatic rings. The number of halogens is 1. The third kappa shape index (κ3) is 3.08. The average molecular weight is 369 g/mol. The van der Waals surface area contributed by atoms with E-state index in [4.69, 9.17) is 18.0 Å². The minimum atomic E-state index is -0.160. The Hall–Kier alpha value is -1.24. The molecular formula is C14H13BrN2OS2. The number of thiophene rings is 1. The molecule has 2 aromatic rings. The summed E-state index contributed by atoms with van der Waals surface area (Å²) in [5.41, 5.74) is 9.07. The standard InChI is InChI=1S/C14H13BrN2OS2/c1-7-4-3-5-9(11(7)13(16)19)17-14(18)10-6-8(2)12(15)20-10/h3-6H,1-2H3,(H2,16,19)(H,17,18). The molecule has 1 heterocycles. The number of thiocarbonyl (C=S) groups is 1. The maximum absolute atomic E-state index is 12.3. The van der Waals surface area contributed by atoms with Crippen LogP contribution in [0.15, 0.2) is 28.1 Å². The summed E-state index contributed by atoms with van der Waals surface area (Å²) in [7, 11) is 0. The quantitative estimate of drug-likeness (QED) is 0.804. The van der Waals surface area contributed by atoms with Crippen LogP contribution in [-0.4, -0.2) is 10.9 Å². The number of amides is 1. The van der Waals surface area contributed by atoms with Crippen LogP contribution in [0.4, 0.5) is 5.69 Å². The minimum Gasteiger partial charge on any atom is -0.389 e. The maximum Gasteiger partial charge on any atom is 0.265 e. The van der Waals surface area contributed by atoms with E-state index in [-0.39, 0.29) is 10.9 Å². The first-order valence-corrected chi connectivity index (χ1v) is 7.88. The van der Waals surface area contributed by atoms with Crippen molar-refractivity contribution in [2.75, 3.05) is 5.32 Å². The van der Waals surface area contributed by atoms with Crippen LogP contribution in [0.1, 0.15) is 26.4 Å². The fourth-order valence-electron chi connectivity index (χ4n) is 1.85. The number of rotatable bonds is 3. The third-order valence-electron chi connectivity index (χ3n) is 2.85. The van der Waals surface area contributed by atoms with E-state index >= 15 is 0 Å². The molecule has 1 aromatic heterocycles. The average Bonchev–Trinajstić information content (AvgIpc) is 2.69. The van der Waals surface area contributed by atoms with Crippen LogP contribution in [0.2, 0.25) is 0 Å². The first-order valence-electron chi connectivity index (χ1n) is 5.87. The fraction of sp³-hybridized carbons (Fsp3) is 0.143. The smallest absolute Gasteiger partial charge is 0.265 e. The molecule has 0 unspecified atom stereocenters. The van der Waals surface area contributed by atoms with Gasteiger partial charge in [0.1, 0.15) is 4.99 Å². The largest absolute Gasteiger partial charge is 0.389 e. The molecule has 2 rings (SSSR count). The second kappa shape index (κ2) is 6.03. The molecule has 0 spiro atoms. The van der Waals surface area contributed by atoms with Gasteiger partial charge in [0, 0.05) is 5.56 Å². The van der Waals surface area contributed by atoms with Crippen molar-refractivity contribution >= 4 is 56.1 Å². The Balaban J connectivity index is 2.33. The van der Waals surface area contributed by atoms with Gasteiger partial charge in [-0.25, -0.2) is 0 Å². The van der Waals surface area contributed by atoms with Crippen LogP contribution in [-0.2, 0) is 0 Å². The second-order valence-electron chi connectivity index (χ2n) is 4.38. The molecule has 20 heavy (non-hydrogen) atoms. The zero-order valence-corrected chi connectivity index (χ0v) is 14.2. The Morgan fingerprint density at radius 3 is 2.60 bits per heavy atom. The van der Waals surface area contributed by atoms with Gasteiger partial charge in [-0.1, -0.05) is 24.4 Å². The first-order chi connectivity index (χ1) is 9.40. The van der Waals surface area contributed by atoms with Gasteiger partial charge in [-0.05, 0) is 53.0 Å². The molecule has 6 heteroatoms. The monoisotopic (exact) mass is 368 g/mol. The summed E-state index contributed by atoms with van der Waals surface area (Å²) in [6.07, 6.45) is 0. The van der Waals surface area contributed by atoms with Gasteiger partial charge in [0.05, 0.1) is 14.4 Å². The Bertz CT molecular complexity index is 675. The molecule has 1 amide bonds. The van der Waals surface area contributed by atoms with E-state index in [0.29, 0.717) is 16.1 Å². The molecule has 0 bridgehead atoms. The zero-order chi connectivity index (χ0) is 14.9. The topological polar surface area (TPSA) is 55.1 Å². The van der Waals surface area contributed by atoms with E-state index in [1.807, 2.05) is 32.0 Å². The molecule has 3 nitrogen and oxygen atoms in total. The summed E-state index contributed by atoms with van der Waals surface area (Å²) in [4.78, 5) is 13.2. The van der Waals surface area contributed by atoms with Gasteiger partial charge in [0.25, 0.3) is 5.91 Å². The highest BCUT2D eigenvalue weighted by atomic mass is 79.9. The van der Waals surface area contributed by atoms with Crippen molar-refractivity contribution in [1.29, 1.82) is 0 Å². The van der Waals surface area contributed by atoms with E-state index in [2.05, 4.69) is 21.2 Å². The van der Waals surface area contributed by atoms with Gasteiger partial charge in [0.2, 0.25) is 0 Å². The van der Waals surface area contributed by atoms with Crippen LogP contribution in [0.25, 0.3) is 0 Å². The summed E-state index contributed by atoms with van der Waals surface area (Å²) in [6, 6.07) is 7.42. The third-order valence-corrected chi connectivity index (χ3v) is 5.19. The molecule has 0 saturated carbocycles. The van der Waals surface area contributed by atoms with Gasteiger partial charge in [-0.2, -0.15) is 0 Å². The maximum atomic E-state index is 12.3. The number of hydrogen-bond donors (Lipinski definition) is 2. The van der Waals surface area contributed by atoms with Crippen molar-refractivity contribution in [2.24, 2.45) is 5.73 Å². The lowest BCUT2D eigenvalue weighted by Gasteiger charge is -2.11. The van der Waals surface area contributed by atoms with Gasteiger partial charge in [-0.15, -0.1) is 11.3 Å². The number of carbonyl (C=O) groups is 1. The Kier molecular flexibility index (Phi) is 4.57. The molecule has 0 fully saturated rings. The van der Waals surface area contributed by atoms with Crippen LogP contribution in [0, 0.1) is 13.8 Å². The van der Waals surface area contributed by atoms with Gasteiger partial charge in [-0.3, -0.25) is 4.79 Å². The summed E-state index contributed by atoms with van der Waals surface area (Å²) < 4.78 is 0.960. The normalized spacial score (nSPS) is 10.3. The second-order valence-corrected chi connectivity index (χ2v) is 7.19. The molecule has 0 atom stereocenters. The molecule has 0 radical (unpaired) electrons. The van der Waals surface area contributed by atoms with E-state index in [1.54, 1.807) is 6.07 Å². The molecule has 104 valence electrons. The van der Waals surface area contributed by atoms with E-state index in [0.717, 1.165) is 14.9 Å². The van der Waals surface area contributed by atoms with Crippen molar-refractivity contribution in [1.82, 2.24) is 0 Å². The van der Waals surface area contributed by atoms with Crippen LogP contribution < -0.4 is 11.1 Å². The summed E-state index contributed by atoms with van der Waals surface area (Å²) >= 11 is 9.87. The predicted molar refractivity (Wildman–Crippen MR) is 91.8 cm³/mol. The number of anilines is 1. The van der Waals surface area contributed by atoms with Gasteiger partial charge >= 0.3 is 0 Å². The van der Waals surface area contributed by atoms with Crippen LogP contribution in [0.3, 0.4) is 0 Å². The van der Waals surface area contributed by atoms with Crippen molar-refractivity contribution in [3.05, 3.63) is 49.6 Å². The predicted octanol–water partition coefficient (Wildman–Crippen LogP) is 4.01. The number of hydrogen-bond acceptors (Lipinski definition) is 3. The summed E-state index contributed by atoms with van der Waals surface area (Å²) in [5, 5.41) is 2.87. The Morgan fingerprint density at radius 2 is 2.05 bits per heavy atom. The highest BCUT2D eigenvalue weighted by Crippen LogP contribution is 2.28. The number of carbonyl (C=O) groups excluding carboxylic acids is 1. The van der Waals surface area contributed by atoms with Crippen molar-refractivity contribution in [3.8, 4) is 0 Å². The molecule has 0 aliphatic heterocycles. The van der Waals surface area contributed by atoms with E-state index < -0.39 is 0 Å². The van der Waals surface area contributed by atoms with Crippen molar-refractivity contribution < 1.29 is 4.79 Å². The lowest BCUT2D eigenvalue weighted by molar-refractivity contribution is 0.103. The van der Waals surface area contributed by atoms with Crippen LogP contribution in [0.5, 0.6) is 0 Å².